The van der Waals surface area contributed by atoms with Gasteiger partial charge in [0.2, 0.25) is 5.91 Å². The zero-order chi connectivity index (χ0) is 18.2. The quantitative estimate of drug-likeness (QED) is 0.433. The molecule has 0 radical (unpaired) electrons. The van der Waals surface area contributed by atoms with E-state index in [1.807, 2.05) is 0 Å². The average Bonchev–Trinajstić information content (AvgIpc) is 2.61. The molecule has 0 fully saturated rings. The standard InChI is InChI=1S/C18H18N2O4S/c1-23-15-9-7-12(11-16(15)24-2)8-10-17(22)20-18(25)19-13-5-3-4-6-14(13)21/h3-11,21H,1-2H3,(H2,19,20,22,25). The van der Waals surface area contributed by atoms with Crippen LogP contribution in [0.4, 0.5) is 5.69 Å². The summed E-state index contributed by atoms with van der Waals surface area (Å²) in [5, 5.41) is 15.0. The number of carbonyl (C=O) groups is 1. The molecule has 0 aliphatic carbocycles. The molecule has 3 N–H and O–H groups in total. The molecule has 7 heteroatoms. The number of hydrogen-bond acceptors (Lipinski definition) is 5. The molecule has 25 heavy (non-hydrogen) atoms. The fraction of sp³-hybridized carbons (Fsp3) is 0.111. The molecule has 0 aliphatic rings. The van der Waals surface area contributed by atoms with Crippen LogP contribution in [-0.2, 0) is 4.79 Å². The van der Waals surface area contributed by atoms with Crippen molar-refractivity contribution in [2.24, 2.45) is 0 Å². The fourth-order valence-electron chi connectivity index (χ4n) is 2.01. The van der Waals surface area contributed by atoms with Gasteiger partial charge >= 0.3 is 0 Å². The number of methoxy groups -OCH3 is 2. The van der Waals surface area contributed by atoms with Crippen molar-refractivity contribution in [3.63, 3.8) is 0 Å². The summed E-state index contributed by atoms with van der Waals surface area (Å²) < 4.78 is 10.4. The number of anilines is 1. The van der Waals surface area contributed by atoms with Crippen LogP contribution in [0.25, 0.3) is 6.08 Å². The minimum Gasteiger partial charge on any atom is -0.506 e. The van der Waals surface area contributed by atoms with Gasteiger partial charge in [-0.25, -0.2) is 0 Å². The summed E-state index contributed by atoms with van der Waals surface area (Å²) in [6.45, 7) is 0. The maximum Gasteiger partial charge on any atom is 0.250 e. The van der Waals surface area contributed by atoms with Gasteiger partial charge in [0, 0.05) is 6.08 Å². The summed E-state index contributed by atoms with van der Waals surface area (Å²) in [7, 11) is 3.10. The van der Waals surface area contributed by atoms with Crippen molar-refractivity contribution in [3.05, 3.63) is 54.1 Å². The third-order valence-electron chi connectivity index (χ3n) is 3.22. The van der Waals surface area contributed by atoms with Gasteiger partial charge in [0.05, 0.1) is 19.9 Å². The fourth-order valence-corrected chi connectivity index (χ4v) is 2.23. The van der Waals surface area contributed by atoms with E-state index in [0.717, 1.165) is 5.56 Å². The molecule has 6 nitrogen and oxygen atoms in total. The van der Waals surface area contributed by atoms with E-state index < -0.39 is 5.91 Å². The van der Waals surface area contributed by atoms with Gasteiger partial charge in [0.1, 0.15) is 5.75 Å². The molecule has 0 aromatic heterocycles. The van der Waals surface area contributed by atoms with Crippen molar-refractivity contribution in [2.45, 2.75) is 0 Å². The van der Waals surface area contributed by atoms with E-state index in [1.165, 1.54) is 12.1 Å². The van der Waals surface area contributed by atoms with Gasteiger partial charge in [-0.2, -0.15) is 0 Å². The van der Waals surface area contributed by atoms with Crippen LogP contribution in [0.3, 0.4) is 0 Å². The molecule has 0 spiro atoms. The molecule has 2 rings (SSSR count). The molecule has 0 atom stereocenters. The number of nitrogens with one attached hydrogen (secondary N) is 2. The lowest BCUT2D eigenvalue weighted by Crippen LogP contribution is -2.32. The summed E-state index contributed by atoms with van der Waals surface area (Å²) in [6.07, 6.45) is 2.97. The first-order valence-electron chi connectivity index (χ1n) is 7.33. The summed E-state index contributed by atoms with van der Waals surface area (Å²) in [4.78, 5) is 11.9. The number of ether oxygens (including phenoxy) is 2. The highest BCUT2D eigenvalue weighted by molar-refractivity contribution is 7.80. The number of aromatic hydroxyl groups is 1. The van der Waals surface area contributed by atoms with Crippen LogP contribution in [0.5, 0.6) is 17.2 Å². The van der Waals surface area contributed by atoms with Crippen LogP contribution in [0.1, 0.15) is 5.56 Å². The van der Waals surface area contributed by atoms with Crippen molar-refractivity contribution in [3.8, 4) is 17.2 Å². The summed E-state index contributed by atoms with van der Waals surface area (Å²) in [5.41, 5.74) is 1.18. The second-order valence-corrected chi connectivity index (χ2v) is 5.32. The summed E-state index contributed by atoms with van der Waals surface area (Å²) >= 11 is 5.05. The monoisotopic (exact) mass is 358 g/mol. The van der Waals surface area contributed by atoms with Crippen molar-refractivity contribution in [1.82, 2.24) is 5.32 Å². The zero-order valence-electron chi connectivity index (χ0n) is 13.8. The smallest absolute Gasteiger partial charge is 0.250 e. The van der Waals surface area contributed by atoms with E-state index in [1.54, 1.807) is 56.7 Å². The molecule has 2 aromatic rings. The van der Waals surface area contributed by atoms with Gasteiger partial charge in [-0.3, -0.25) is 10.1 Å². The Hall–Kier alpha value is -3.06. The van der Waals surface area contributed by atoms with Gasteiger partial charge in [-0.05, 0) is 48.1 Å². The van der Waals surface area contributed by atoms with Crippen LogP contribution < -0.4 is 20.1 Å². The Bertz CT molecular complexity index is 805. The lowest BCUT2D eigenvalue weighted by atomic mass is 10.2. The Labute approximate surface area is 151 Å². The maximum atomic E-state index is 11.9. The number of thiocarbonyl (C=S) groups is 1. The predicted octanol–water partition coefficient (Wildman–Crippen LogP) is 2.94. The van der Waals surface area contributed by atoms with Crippen LogP contribution >= 0.6 is 12.2 Å². The number of carbonyl (C=O) groups excluding carboxylic acids is 1. The van der Waals surface area contributed by atoms with E-state index in [-0.39, 0.29) is 10.9 Å². The van der Waals surface area contributed by atoms with E-state index in [9.17, 15) is 9.90 Å². The molecule has 0 heterocycles. The molecule has 0 saturated heterocycles. The summed E-state index contributed by atoms with van der Waals surface area (Å²) in [6, 6.07) is 11.9. The van der Waals surface area contributed by atoms with E-state index in [4.69, 9.17) is 21.7 Å². The Balaban J connectivity index is 1.96. The number of benzene rings is 2. The zero-order valence-corrected chi connectivity index (χ0v) is 14.6. The van der Waals surface area contributed by atoms with Crippen molar-refractivity contribution in [1.29, 1.82) is 0 Å². The van der Waals surface area contributed by atoms with Gasteiger partial charge in [0.25, 0.3) is 0 Å². The maximum absolute atomic E-state index is 11.9. The highest BCUT2D eigenvalue weighted by atomic mass is 32.1. The normalized spacial score (nSPS) is 10.3. The minimum absolute atomic E-state index is 0.0416. The number of amides is 1. The number of para-hydroxylation sites is 2. The lowest BCUT2D eigenvalue weighted by molar-refractivity contribution is -0.115. The van der Waals surface area contributed by atoms with Crippen molar-refractivity contribution in [2.75, 3.05) is 19.5 Å². The first-order chi connectivity index (χ1) is 12.0. The third kappa shape index (κ3) is 5.22. The molecule has 2 aromatic carbocycles. The number of rotatable bonds is 5. The highest BCUT2D eigenvalue weighted by Gasteiger charge is 2.06. The molecule has 130 valence electrons. The van der Waals surface area contributed by atoms with Gasteiger partial charge in [-0.15, -0.1) is 0 Å². The van der Waals surface area contributed by atoms with Crippen molar-refractivity contribution < 1.29 is 19.4 Å². The molecule has 0 saturated carbocycles. The van der Waals surface area contributed by atoms with Crippen LogP contribution in [0.2, 0.25) is 0 Å². The second kappa shape index (κ2) is 8.70. The average molecular weight is 358 g/mol. The SMILES string of the molecule is COc1ccc(C=CC(=O)NC(=S)Nc2ccccc2O)cc1OC. The van der Waals surface area contributed by atoms with E-state index >= 15 is 0 Å². The molecule has 0 aliphatic heterocycles. The van der Waals surface area contributed by atoms with Crippen LogP contribution in [0, 0.1) is 0 Å². The number of phenols is 1. The molecule has 0 unspecified atom stereocenters. The third-order valence-corrected chi connectivity index (χ3v) is 3.43. The van der Waals surface area contributed by atoms with Gasteiger partial charge in [0.15, 0.2) is 16.6 Å². The van der Waals surface area contributed by atoms with Crippen LogP contribution in [0.15, 0.2) is 48.5 Å². The molecular formula is C18H18N2O4S. The van der Waals surface area contributed by atoms with E-state index in [0.29, 0.717) is 17.2 Å². The van der Waals surface area contributed by atoms with Crippen LogP contribution in [-0.4, -0.2) is 30.3 Å². The predicted molar refractivity (Wildman–Crippen MR) is 101 cm³/mol. The van der Waals surface area contributed by atoms with Crippen molar-refractivity contribution >= 4 is 35.0 Å². The minimum atomic E-state index is -0.400. The topological polar surface area (TPSA) is 79.8 Å². The number of hydrogen-bond donors (Lipinski definition) is 3. The first-order valence-corrected chi connectivity index (χ1v) is 7.74. The molecule has 1 amide bonds. The van der Waals surface area contributed by atoms with E-state index in [2.05, 4.69) is 10.6 Å². The highest BCUT2D eigenvalue weighted by Crippen LogP contribution is 2.28. The van der Waals surface area contributed by atoms with Gasteiger partial charge < -0.3 is 19.9 Å². The summed E-state index contributed by atoms with van der Waals surface area (Å²) in [5.74, 6) is 0.821. The number of phenolic OH excluding ortho intramolecular Hbond substituents is 1. The first kappa shape index (κ1) is 18.3. The second-order valence-electron chi connectivity index (χ2n) is 4.91. The Morgan fingerprint density at radius 1 is 1.12 bits per heavy atom. The largest absolute Gasteiger partial charge is 0.506 e. The lowest BCUT2D eigenvalue weighted by Gasteiger charge is -2.09. The molecule has 0 bridgehead atoms. The molecular weight excluding hydrogens is 340 g/mol. The Morgan fingerprint density at radius 3 is 2.52 bits per heavy atom. The Kier molecular flexibility index (Phi) is 6.36. The van der Waals surface area contributed by atoms with Gasteiger partial charge in [-0.1, -0.05) is 18.2 Å². The Morgan fingerprint density at radius 2 is 1.84 bits per heavy atom.